The Bertz CT molecular complexity index is 837. The lowest BCUT2D eigenvalue weighted by Crippen LogP contribution is -2.39. The third-order valence-electron chi connectivity index (χ3n) is 4.78. The lowest BCUT2D eigenvalue weighted by atomic mass is 9.95. The van der Waals surface area contributed by atoms with E-state index in [1.54, 1.807) is 19.4 Å². The number of hydrogen-bond donors (Lipinski definition) is 2. The predicted octanol–water partition coefficient (Wildman–Crippen LogP) is 4.73. The fraction of sp³-hybridized carbons (Fsp3) is 0.364. The molecule has 1 aliphatic rings. The number of anilines is 1. The molecule has 6 nitrogen and oxygen atoms in total. The molecule has 0 bridgehead atoms. The van der Waals surface area contributed by atoms with E-state index in [4.69, 9.17) is 9.47 Å². The molecule has 29 heavy (non-hydrogen) atoms. The number of carbonyl (C=O) groups excluding carboxylic acids is 1. The summed E-state index contributed by atoms with van der Waals surface area (Å²) >= 11 is 3.53. The normalized spacial score (nSPS) is 14.6. The molecule has 0 radical (unpaired) electrons. The number of rotatable bonds is 8. The second-order valence-corrected chi connectivity index (χ2v) is 7.81. The minimum atomic E-state index is -0.104. The largest absolute Gasteiger partial charge is 0.493 e. The van der Waals surface area contributed by atoms with Crippen molar-refractivity contribution in [2.75, 3.05) is 19.1 Å². The van der Waals surface area contributed by atoms with Gasteiger partial charge in [-0.1, -0.05) is 37.5 Å². The Kier molecular flexibility index (Phi) is 7.93. The molecular formula is C22H26BrN3O3. The van der Waals surface area contributed by atoms with Gasteiger partial charge in [-0.2, -0.15) is 5.10 Å². The molecule has 1 amide bonds. The Morgan fingerprint density at radius 3 is 2.66 bits per heavy atom. The highest BCUT2D eigenvalue weighted by atomic mass is 79.9. The monoisotopic (exact) mass is 459 g/mol. The second kappa shape index (κ2) is 10.9. The minimum absolute atomic E-state index is 0.0394. The van der Waals surface area contributed by atoms with Gasteiger partial charge in [0.25, 0.3) is 5.91 Å². The average Bonchev–Trinajstić information content (AvgIpc) is 2.75. The third-order valence-corrected chi connectivity index (χ3v) is 5.47. The molecule has 154 valence electrons. The number of para-hydroxylation sites is 1. The molecule has 2 aromatic carbocycles. The summed E-state index contributed by atoms with van der Waals surface area (Å²) in [6.45, 7) is -0.0394. The SMILES string of the molecule is COc1cc(C=NNc2ccccc2)c(Br)cc1OCC(=O)NC1CCCCC1. The van der Waals surface area contributed by atoms with E-state index in [1.807, 2.05) is 36.4 Å². The lowest BCUT2D eigenvalue weighted by Gasteiger charge is -2.22. The van der Waals surface area contributed by atoms with Crippen molar-refractivity contribution in [2.45, 2.75) is 38.1 Å². The maximum absolute atomic E-state index is 12.2. The first-order chi connectivity index (χ1) is 14.2. The van der Waals surface area contributed by atoms with E-state index in [-0.39, 0.29) is 18.6 Å². The van der Waals surface area contributed by atoms with Gasteiger partial charge in [-0.25, -0.2) is 0 Å². The summed E-state index contributed by atoms with van der Waals surface area (Å²) in [7, 11) is 1.57. The average molecular weight is 460 g/mol. The maximum atomic E-state index is 12.2. The number of ether oxygens (including phenoxy) is 2. The summed E-state index contributed by atoms with van der Waals surface area (Å²) in [5, 5.41) is 7.30. The molecule has 0 aromatic heterocycles. The van der Waals surface area contributed by atoms with Gasteiger partial charge in [0.15, 0.2) is 18.1 Å². The molecule has 3 rings (SSSR count). The van der Waals surface area contributed by atoms with Crippen molar-refractivity contribution < 1.29 is 14.3 Å². The Morgan fingerprint density at radius 1 is 1.17 bits per heavy atom. The first-order valence-corrected chi connectivity index (χ1v) is 10.6. The van der Waals surface area contributed by atoms with Crippen molar-refractivity contribution in [2.24, 2.45) is 5.10 Å². The van der Waals surface area contributed by atoms with Crippen LogP contribution in [0.2, 0.25) is 0 Å². The van der Waals surface area contributed by atoms with Crippen LogP contribution in [0.3, 0.4) is 0 Å². The molecule has 0 unspecified atom stereocenters. The van der Waals surface area contributed by atoms with Crippen molar-refractivity contribution in [3.63, 3.8) is 0 Å². The highest BCUT2D eigenvalue weighted by molar-refractivity contribution is 9.10. The van der Waals surface area contributed by atoms with E-state index in [0.29, 0.717) is 11.5 Å². The van der Waals surface area contributed by atoms with Crippen LogP contribution < -0.4 is 20.2 Å². The number of hydrazone groups is 1. The van der Waals surface area contributed by atoms with Gasteiger partial charge >= 0.3 is 0 Å². The number of halogens is 1. The van der Waals surface area contributed by atoms with Crippen LogP contribution in [0.25, 0.3) is 0 Å². The molecule has 1 aliphatic carbocycles. The van der Waals surface area contributed by atoms with Gasteiger partial charge in [-0.15, -0.1) is 0 Å². The van der Waals surface area contributed by atoms with Crippen LogP contribution >= 0.6 is 15.9 Å². The third kappa shape index (κ3) is 6.49. The quantitative estimate of drug-likeness (QED) is 0.441. The fourth-order valence-corrected chi connectivity index (χ4v) is 3.70. The van der Waals surface area contributed by atoms with Crippen molar-refractivity contribution in [1.82, 2.24) is 5.32 Å². The molecule has 0 aliphatic heterocycles. The van der Waals surface area contributed by atoms with E-state index >= 15 is 0 Å². The van der Waals surface area contributed by atoms with Crippen molar-refractivity contribution in [3.8, 4) is 11.5 Å². The van der Waals surface area contributed by atoms with Crippen LogP contribution in [0, 0.1) is 0 Å². The lowest BCUT2D eigenvalue weighted by molar-refractivity contribution is -0.124. The fourth-order valence-electron chi connectivity index (χ4n) is 3.27. The molecule has 0 saturated heterocycles. The van der Waals surface area contributed by atoms with Gasteiger partial charge in [-0.3, -0.25) is 10.2 Å². The zero-order valence-corrected chi connectivity index (χ0v) is 18.1. The van der Waals surface area contributed by atoms with Gasteiger partial charge in [0.05, 0.1) is 19.0 Å². The van der Waals surface area contributed by atoms with Crippen LogP contribution in [-0.2, 0) is 4.79 Å². The summed E-state index contributed by atoms with van der Waals surface area (Å²) in [6, 6.07) is 13.6. The highest BCUT2D eigenvalue weighted by Crippen LogP contribution is 2.33. The number of carbonyl (C=O) groups is 1. The van der Waals surface area contributed by atoms with Crippen molar-refractivity contribution in [1.29, 1.82) is 0 Å². The molecule has 2 N–H and O–H groups in total. The summed E-state index contributed by atoms with van der Waals surface area (Å²) in [5.74, 6) is 0.943. The van der Waals surface area contributed by atoms with Gasteiger partial charge in [0.1, 0.15) is 0 Å². The summed E-state index contributed by atoms with van der Waals surface area (Å²) in [4.78, 5) is 12.2. The molecule has 1 fully saturated rings. The first kappa shape index (κ1) is 21.2. The highest BCUT2D eigenvalue weighted by Gasteiger charge is 2.17. The Hall–Kier alpha value is -2.54. The minimum Gasteiger partial charge on any atom is -0.493 e. The van der Waals surface area contributed by atoms with E-state index in [2.05, 4.69) is 31.8 Å². The van der Waals surface area contributed by atoms with Crippen LogP contribution in [0.5, 0.6) is 11.5 Å². The van der Waals surface area contributed by atoms with Crippen molar-refractivity contribution >= 4 is 33.7 Å². The van der Waals surface area contributed by atoms with Gasteiger partial charge in [0.2, 0.25) is 0 Å². The summed E-state index contributed by atoms with van der Waals surface area (Å²) < 4.78 is 11.9. The van der Waals surface area contributed by atoms with Crippen LogP contribution in [0.1, 0.15) is 37.7 Å². The van der Waals surface area contributed by atoms with Crippen molar-refractivity contribution in [3.05, 3.63) is 52.5 Å². The number of amides is 1. The Morgan fingerprint density at radius 2 is 1.93 bits per heavy atom. The number of nitrogens with one attached hydrogen (secondary N) is 2. The predicted molar refractivity (Wildman–Crippen MR) is 119 cm³/mol. The topological polar surface area (TPSA) is 71.9 Å². The molecule has 2 aromatic rings. The van der Waals surface area contributed by atoms with E-state index in [1.165, 1.54) is 19.3 Å². The Balaban J connectivity index is 1.59. The molecule has 0 atom stereocenters. The number of methoxy groups -OCH3 is 1. The standard InChI is InChI=1S/C22H26BrN3O3/c1-28-20-12-16(14-24-26-18-10-6-3-7-11-18)19(23)13-21(20)29-15-22(27)25-17-8-4-2-5-9-17/h3,6-7,10-14,17,26H,2,4-5,8-9,15H2,1H3,(H,25,27). The second-order valence-electron chi connectivity index (χ2n) is 6.95. The van der Waals surface area contributed by atoms with Gasteiger partial charge < -0.3 is 14.8 Å². The van der Waals surface area contributed by atoms with Gasteiger partial charge in [-0.05, 0) is 53.0 Å². The van der Waals surface area contributed by atoms with E-state index < -0.39 is 0 Å². The number of hydrogen-bond acceptors (Lipinski definition) is 5. The van der Waals surface area contributed by atoms with Gasteiger partial charge in [0, 0.05) is 16.1 Å². The Labute approximate surface area is 179 Å². The van der Waals surface area contributed by atoms with E-state index in [9.17, 15) is 4.79 Å². The molecule has 7 heteroatoms. The zero-order chi connectivity index (χ0) is 20.5. The molecule has 1 saturated carbocycles. The molecule has 0 heterocycles. The van der Waals surface area contributed by atoms with Crippen LogP contribution in [0.4, 0.5) is 5.69 Å². The smallest absolute Gasteiger partial charge is 0.258 e. The van der Waals surface area contributed by atoms with E-state index in [0.717, 1.165) is 28.6 Å². The number of nitrogens with zero attached hydrogens (tertiary/aromatic N) is 1. The first-order valence-electron chi connectivity index (χ1n) is 9.79. The van der Waals surface area contributed by atoms with Crippen LogP contribution in [-0.4, -0.2) is 31.9 Å². The molecular weight excluding hydrogens is 434 g/mol. The maximum Gasteiger partial charge on any atom is 0.258 e. The summed E-state index contributed by atoms with van der Waals surface area (Å²) in [5.41, 5.74) is 4.70. The zero-order valence-electron chi connectivity index (χ0n) is 16.5. The van der Waals surface area contributed by atoms with Crippen LogP contribution in [0.15, 0.2) is 52.0 Å². The summed E-state index contributed by atoms with van der Waals surface area (Å²) in [6.07, 6.45) is 7.39. The number of benzene rings is 2. The molecule has 0 spiro atoms.